The second kappa shape index (κ2) is 5.13. The maximum Gasteiger partial charge on any atom is 0.173 e. The van der Waals surface area contributed by atoms with Crippen molar-refractivity contribution in [3.05, 3.63) is 21.4 Å². The van der Waals surface area contributed by atoms with E-state index in [9.17, 15) is 4.79 Å². The first-order chi connectivity index (χ1) is 7.66. The predicted octanol–water partition coefficient (Wildman–Crippen LogP) is 4.52. The van der Waals surface area contributed by atoms with Crippen molar-refractivity contribution in [1.29, 1.82) is 0 Å². The molecule has 0 bridgehead atoms. The zero-order chi connectivity index (χ0) is 11.5. The highest BCUT2D eigenvalue weighted by Crippen LogP contribution is 2.30. The van der Waals surface area contributed by atoms with Crippen molar-refractivity contribution < 1.29 is 4.79 Å². The van der Waals surface area contributed by atoms with Crippen molar-refractivity contribution in [2.75, 3.05) is 0 Å². The molecule has 1 heterocycles. The van der Waals surface area contributed by atoms with Crippen LogP contribution < -0.4 is 0 Å². The maximum absolute atomic E-state index is 12.0. The Bertz CT molecular complexity index is 372. The average molecular weight is 236 g/mol. The summed E-state index contributed by atoms with van der Waals surface area (Å²) in [5.41, 5.74) is 1.17. The normalized spacial score (nSPS) is 16.9. The molecule has 0 saturated heterocycles. The molecule has 0 radical (unpaired) electrons. The summed E-state index contributed by atoms with van der Waals surface area (Å²) in [6, 6.07) is 2.12. The van der Waals surface area contributed by atoms with E-state index in [0.717, 1.165) is 23.6 Å². The highest BCUT2D eigenvalue weighted by molar-refractivity contribution is 7.14. The van der Waals surface area contributed by atoms with E-state index in [2.05, 4.69) is 13.0 Å². The predicted molar refractivity (Wildman–Crippen MR) is 69.3 cm³/mol. The van der Waals surface area contributed by atoms with Crippen LogP contribution in [0.15, 0.2) is 6.07 Å². The highest BCUT2D eigenvalue weighted by atomic mass is 32.1. The van der Waals surface area contributed by atoms with Crippen LogP contribution >= 0.6 is 11.3 Å². The van der Waals surface area contributed by atoms with Crippen LogP contribution in [-0.2, 0) is 0 Å². The molecule has 0 N–H and O–H groups in total. The molecule has 0 aromatic carbocycles. The van der Waals surface area contributed by atoms with Crippen LogP contribution in [0.4, 0.5) is 0 Å². The molecule has 1 aliphatic carbocycles. The fourth-order valence-corrected chi connectivity index (χ4v) is 3.66. The van der Waals surface area contributed by atoms with Gasteiger partial charge in [0.15, 0.2) is 5.78 Å². The largest absolute Gasteiger partial charge is 0.293 e. The molecule has 0 spiro atoms. The lowest BCUT2D eigenvalue weighted by Gasteiger charge is -2.07. The van der Waals surface area contributed by atoms with Gasteiger partial charge in [-0.3, -0.25) is 4.79 Å². The molecule has 1 saturated carbocycles. The number of thiophene rings is 1. The Morgan fingerprint density at radius 2 is 2.06 bits per heavy atom. The van der Waals surface area contributed by atoms with Gasteiger partial charge in [-0.1, -0.05) is 25.7 Å². The SMILES string of the molecule is Cc1cc(C)c(C(=O)CCC2CCCC2)s1. The number of hydrogen-bond acceptors (Lipinski definition) is 2. The molecule has 1 nitrogen and oxygen atoms in total. The van der Waals surface area contributed by atoms with E-state index in [-0.39, 0.29) is 0 Å². The first kappa shape index (κ1) is 11.8. The zero-order valence-electron chi connectivity index (χ0n) is 10.2. The molecule has 1 aromatic rings. The van der Waals surface area contributed by atoms with Crippen molar-refractivity contribution in [2.24, 2.45) is 5.92 Å². The molecule has 88 valence electrons. The van der Waals surface area contributed by atoms with Crippen molar-refractivity contribution in [3.63, 3.8) is 0 Å². The molecule has 0 unspecified atom stereocenters. The maximum atomic E-state index is 12.0. The summed E-state index contributed by atoms with van der Waals surface area (Å²) in [5, 5.41) is 0. The summed E-state index contributed by atoms with van der Waals surface area (Å²) < 4.78 is 0. The minimum absolute atomic E-state index is 0.363. The lowest BCUT2D eigenvalue weighted by Crippen LogP contribution is -2.02. The van der Waals surface area contributed by atoms with Crippen LogP contribution in [0, 0.1) is 19.8 Å². The lowest BCUT2D eigenvalue weighted by molar-refractivity contribution is 0.0977. The van der Waals surface area contributed by atoms with Gasteiger partial charge in [0.2, 0.25) is 0 Å². The second-order valence-corrected chi connectivity index (χ2v) is 6.24. The Morgan fingerprint density at radius 3 is 2.62 bits per heavy atom. The summed E-state index contributed by atoms with van der Waals surface area (Å²) in [5.74, 6) is 1.19. The molecule has 2 rings (SSSR count). The third kappa shape index (κ3) is 2.73. The highest BCUT2D eigenvalue weighted by Gasteiger charge is 2.18. The molecule has 0 aliphatic heterocycles. The molecule has 16 heavy (non-hydrogen) atoms. The summed E-state index contributed by atoms with van der Waals surface area (Å²) in [6.45, 7) is 4.12. The van der Waals surface area contributed by atoms with E-state index in [1.807, 2.05) is 6.92 Å². The Morgan fingerprint density at radius 1 is 1.38 bits per heavy atom. The minimum atomic E-state index is 0.363. The standard InChI is InChI=1S/C14H20OS/c1-10-9-11(2)16-14(10)13(15)8-7-12-5-3-4-6-12/h9,12H,3-8H2,1-2H3. The van der Waals surface area contributed by atoms with E-state index in [4.69, 9.17) is 0 Å². The molecular formula is C14H20OS. The molecule has 1 aliphatic rings. The van der Waals surface area contributed by atoms with Gasteiger partial charge in [0.25, 0.3) is 0 Å². The average Bonchev–Trinajstić information content (AvgIpc) is 2.84. The van der Waals surface area contributed by atoms with Crippen molar-refractivity contribution >= 4 is 17.1 Å². The van der Waals surface area contributed by atoms with E-state index >= 15 is 0 Å². The Hall–Kier alpha value is -0.630. The summed E-state index contributed by atoms with van der Waals surface area (Å²) >= 11 is 1.66. The third-order valence-corrected chi connectivity index (χ3v) is 4.74. The monoisotopic (exact) mass is 236 g/mol. The van der Waals surface area contributed by atoms with Crippen molar-refractivity contribution in [3.8, 4) is 0 Å². The Kier molecular flexibility index (Phi) is 3.80. The van der Waals surface area contributed by atoms with E-state index in [0.29, 0.717) is 5.78 Å². The number of carbonyl (C=O) groups excluding carboxylic acids is 1. The fraction of sp³-hybridized carbons (Fsp3) is 0.643. The van der Waals surface area contributed by atoms with Crippen LogP contribution in [0.25, 0.3) is 0 Å². The number of ketones is 1. The quantitative estimate of drug-likeness (QED) is 0.702. The van der Waals surface area contributed by atoms with Gasteiger partial charge in [-0.25, -0.2) is 0 Å². The van der Waals surface area contributed by atoms with E-state index in [1.54, 1.807) is 11.3 Å². The summed E-state index contributed by atoms with van der Waals surface area (Å²) in [7, 11) is 0. The molecule has 1 aromatic heterocycles. The van der Waals surface area contributed by atoms with Crippen LogP contribution in [0.1, 0.15) is 58.6 Å². The second-order valence-electron chi connectivity index (χ2n) is 4.98. The van der Waals surface area contributed by atoms with Crippen LogP contribution in [-0.4, -0.2) is 5.78 Å². The number of carbonyl (C=O) groups is 1. The van der Waals surface area contributed by atoms with Gasteiger partial charge >= 0.3 is 0 Å². The van der Waals surface area contributed by atoms with Crippen molar-refractivity contribution in [1.82, 2.24) is 0 Å². The van der Waals surface area contributed by atoms with E-state index < -0.39 is 0 Å². The van der Waals surface area contributed by atoms with Crippen LogP contribution in [0.3, 0.4) is 0 Å². The van der Waals surface area contributed by atoms with Gasteiger partial charge in [0.05, 0.1) is 4.88 Å². The van der Waals surface area contributed by atoms with Gasteiger partial charge in [-0.15, -0.1) is 11.3 Å². The summed E-state index contributed by atoms with van der Waals surface area (Å²) in [4.78, 5) is 14.3. The first-order valence-electron chi connectivity index (χ1n) is 6.27. The van der Waals surface area contributed by atoms with Gasteiger partial charge in [-0.2, -0.15) is 0 Å². The van der Waals surface area contributed by atoms with Gasteiger partial charge < -0.3 is 0 Å². The minimum Gasteiger partial charge on any atom is -0.293 e. The van der Waals surface area contributed by atoms with Gasteiger partial charge in [0, 0.05) is 11.3 Å². The van der Waals surface area contributed by atoms with Crippen molar-refractivity contribution in [2.45, 2.75) is 52.4 Å². The van der Waals surface area contributed by atoms with Gasteiger partial charge in [-0.05, 0) is 37.8 Å². The fourth-order valence-electron chi connectivity index (χ4n) is 2.67. The lowest BCUT2D eigenvalue weighted by atomic mass is 9.99. The first-order valence-corrected chi connectivity index (χ1v) is 7.08. The zero-order valence-corrected chi connectivity index (χ0v) is 11.0. The van der Waals surface area contributed by atoms with Crippen LogP contribution in [0.2, 0.25) is 0 Å². The summed E-state index contributed by atoms with van der Waals surface area (Å²) in [6.07, 6.45) is 7.29. The number of rotatable bonds is 4. The van der Waals surface area contributed by atoms with E-state index in [1.165, 1.54) is 36.1 Å². The molecule has 0 amide bonds. The topological polar surface area (TPSA) is 17.1 Å². The molecule has 1 fully saturated rings. The number of aryl methyl sites for hydroxylation is 2. The molecule has 2 heteroatoms. The Balaban J connectivity index is 1.90. The van der Waals surface area contributed by atoms with Gasteiger partial charge in [0.1, 0.15) is 0 Å². The number of hydrogen-bond donors (Lipinski definition) is 0. The number of Topliss-reactive ketones (excluding diaryl/α,β-unsaturated/α-hetero) is 1. The Labute approximate surface area is 102 Å². The van der Waals surface area contributed by atoms with Crippen LogP contribution in [0.5, 0.6) is 0 Å². The third-order valence-electron chi connectivity index (χ3n) is 3.55. The molecule has 0 atom stereocenters. The smallest absolute Gasteiger partial charge is 0.173 e. The molecular weight excluding hydrogens is 216 g/mol.